The predicted molar refractivity (Wildman–Crippen MR) is 85.1 cm³/mol. The lowest BCUT2D eigenvalue weighted by Gasteiger charge is -2.16. The fourth-order valence-electron chi connectivity index (χ4n) is 1.58. The number of nitrogens with one attached hydrogen (secondary N) is 1. The number of carbonyl (C=O) groups is 3. The van der Waals surface area contributed by atoms with Gasteiger partial charge < -0.3 is 26.3 Å². The molecule has 25 heavy (non-hydrogen) atoms. The fourth-order valence-corrected chi connectivity index (χ4v) is 1.58. The number of ether oxygens (including phenoxy) is 2. The van der Waals surface area contributed by atoms with Gasteiger partial charge >= 0.3 is 18.0 Å². The fraction of sp³-hybridized carbons (Fsp3) is 0.400. The van der Waals surface area contributed by atoms with Crippen molar-refractivity contribution < 1.29 is 33.6 Å². The van der Waals surface area contributed by atoms with Gasteiger partial charge in [0.25, 0.3) is 0 Å². The Kier molecular flexibility index (Phi) is 9.41. The molecule has 10 nitrogen and oxygen atoms in total. The van der Waals surface area contributed by atoms with Crippen LogP contribution in [0.3, 0.4) is 0 Å². The minimum Gasteiger partial charge on any atom is -0.464 e. The molecule has 1 amide bonds. The largest absolute Gasteiger partial charge is 0.464 e. The van der Waals surface area contributed by atoms with Crippen molar-refractivity contribution in [2.75, 3.05) is 26.3 Å². The number of para-hydroxylation sites is 1. The van der Waals surface area contributed by atoms with Crippen molar-refractivity contribution >= 4 is 18.0 Å². The molecule has 0 spiro atoms. The first-order chi connectivity index (χ1) is 12.1. The number of carbonyl (C=O) groups excluding carboxylic acids is 3. The van der Waals surface area contributed by atoms with E-state index in [-0.39, 0.29) is 32.1 Å². The topological polar surface area (TPSA) is 152 Å². The summed E-state index contributed by atoms with van der Waals surface area (Å²) in [5.74, 6) is -1.31. The maximum Gasteiger partial charge on any atom is 0.451 e. The molecule has 0 saturated heterocycles. The minimum atomic E-state index is -1.32. The molecule has 1 rings (SSSR count). The summed E-state index contributed by atoms with van der Waals surface area (Å²) >= 11 is 0. The van der Waals surface area contributed by atoms with E-state index in [1.807, 2.05) is 0 Å². The van der Waals surface area contributed by atoms with Crippen LogP contribution < -0.4 is 21.7 Å². The number of esters is 2. The van der Waals surface area contributed by atoms with Gasteiger partial charge in [0.05, 0.1) is 6.42 Å². The second kappa shape index (κ2) is 11.6. The van der Waals surface area contributed by atoms with Crippen LogP contribution in [0.2, 0.25) is 0 Å². The van der Waals surface area contributed by atoms with Crippen molar-refractivity contribution in [3.05, 3.63) is 30.3 Å². The van der Waals surface area contributed by atoms with E-state index in [4.69, 9.17) is 25.8 Å². The summed E-state index contributed by atoms with van der Waals surface area (Å²) in [7, 11) is 0. The first-order valence-electron chi connectivity index (χ1n) is 7.49. The van der Waals surface area contributed by atoms with E-state index in [9.17, 15) is 14.4 Å². The van der Waals surface area contributed by atoms with Crippen LogP contribution in [0.5, 0.6) is 5.75 Å². The molecule has 0 aromatic heterocycles. The Morgan fingerprint density at radius 1 is 1.00 bits per heavy atom. The summed E-state index contributed by atoms with van der Waals surface area (Å²) in [5.41, 5.74) is 10.5. The third kappa shape index (κ3) is 8.53. The van der Waals surface area contributed by atoms with Crippen LogP contribution in [-0.4, -0.2) is 50.4 Å². The van der Waals surface area contributed by atoms with Gasteiger partial charge in [-0.3, -0.25) is 9.68 Å². The van der Waals surface area contributed by atoms with Crippen LogP contribution in [0.15, 0.2) is 30.3 Å². The van der Waals surface area contributed by atoms with E-state index < -0.39 is 30.5 Å². The number of hydrogen-bond acceptors (Lipinski definition) is 9. The zero-order valence-electron chi connectivity index (χ0n) is 13.5. The van der Waals surface area contributed by atoms with Crippen molar-refractivity contribution in [3.8, 4) is 5.75 Å². The Hall–Kier alpha value is -2.85. The Labute approximate surface area is 144 Å². The molecule has 0 bridgehead atoms. The summed E-state index contributed by atoms with van der Waals surface area (Å²) < 4.78 is 9.58. The first-order valence-corrected chi connectivity index (χ1v) is 7.49. The summed E-state index contributed by atoms with van der Waals surface area (Å²) in [4.78, 5) is 44.6. The second-order valence-electron chi connectivity index (χ2n) is 4.63. The molecule has 0 aliphatic rings. The standard InChI is InChI=1S/C15H21N3O7/c16-6-8-22-13(19)10-12(14(20)23-9-7-17)18-15(21)25-24-11-4-2-1-3-5-11/h1-5,12H,6-10,16-17H2,(H,18,21). The zero-order valence-corrected chi connectivity index (χ0v) is 13.5. The molecule has 0 fully saturated rings. The highest BCUT2D eigenvalue weighted by atomic mass is 17.2. The molecule has 10 heteroatoms. The molecule has 0 radical (unpaired) electrons. The van der Waals surface area contributed by atoms with Gasteiger partial charge in [-0.1, -0.05) is 18.2 Å². The van der Waals surface area contributed by atoms with Gasteiger partial charge in [-0.05, 0) is 12.1 Å². The summed E-state index contributed by atoms with van der Waals surface area (Å²) in [6.45, 7) is 0.154. The SMILES string of the molecule is NCCOC(=O)CC(NC(=O)OOc1ccccc1)C(=O)OCCN. The van der Waals surface area contributed by atoms with E-state index in [0.717, 1.165) is 0 Å². The predicted octanol–water partition coefficient (Wildman–Crippen LogP) is -0.531. The number of hydrogen-bond donors (Lipinski definition) is 3. The zero-order chi connectivity index (χ0) is 18.5. The van der Waals surface area contributed by atoms with E-state index in [2.05, 4.69) is 10.2 Å². The lowest BCUT2D eigenvalue weighted by Crippen LogP contribution is -2.44. The van der Waals surface area contributed by atoms with Crippen LogP contribution in [0.1, 0.15) is 6.42 Å². The average molecular weight is 355 g/mol. The molecular weight excluding hydrogens is 334 g/mol. The van der Waals surface area contributed by atoms with Crippen LogP contribution in [0.25, 0.3) is 0 Å². The first kappa shape index (κ1) is 20.2. The number of benzene rings is 1. The monoisotopic (exact) mass is 355 g/mol. The minimum absolute atomic E-state index is 0.00896. The van der Waals surface area contributed by atoms with Gasteiger partial charge in [-0.25, -0.2) is 14.5 Å². The Morgan fingerprint density at radius 2 is 1.64 bits per heavy atom. The van der Waals surface area contributed by atoms with Crippen LogP contribution in [-0.2, 0) is 24.0 Å². The van der Waals surface area contributed by atoms with E-state index in [0.29, 0.717) is 0 Å². The Balaban J connectivity index is 2.56. The molecule has 0 saturated carbocycles. The maximum atomic E-state index is 11.9. The summed E-state index contributed by atoms with van der Waals surface area (Å²) in [6.07, 6.45) is -1.53. The van der Waals surface area contributed by atoms with Crippen molar-refractivity contribution in [1.29, 1.82) is 0 Å². The second-order valence-corrected chi connectivity index (χ2v) is 4.63. The van der Waals surface area contributed by atoms with Crippen LogP contribution in [0, 0.1) is 0 Å². The quantitative estimate of drug-likeness (QED) is 0.285. The van der Waals surface area contributed by atoms with Crippen LogP contribution in [0.4, 0.5) is 4.79 Å². The molecule has 5 N–H and O–H groups in total. The average Bonchev–Trinajstić information content (AvgIpc) is 2.63. The molecule has 1 aromatic carbocycles. The van der Waals surface area contributed by atoms with E-state index in [1.54, 1.807) is 30.3 Å². The maximum absolute atomic E-state index is 11.9. The molecule has 1 unspecified atom stereocenters. The van der Waals surface area contributed by atoms with Crippen molar-refractivity contribution in [3.63, 3.8) is 0 Å². The van der Waals surface area contributed by atoms with Crippen molar-refractivity contribution in [2.45, 2.75) is 12.5 Å². The molecule has 0 heterocycles. The van der Waals surface area contributed by atoms with Crippen LogP contribution >= 0.6 is 0 Å². The molecular formula is C15H21N3O7. The molecule has 1 atom stereocenters. The highest BCUT2D eigenvalue weighted by molar-refractivity contribution is 5.86. The lowest BCUT2D eigenvalue weighted by atomic mass is 10.2. The van der Waals surface area contributed by atoms with Crippen molar-refractivity contribution in [2.24, 2.45) is 11.5 Å². The smallest absolute Gasteiger partial charge is 0.451 e. The van der Waals surface area contributed by atoms with Gasteiger partial charge in [0.15, 0.2) is 5.75 Å². The molecule has 138 valence electrons. The molecule has 0 aliphatic heterocycles. The Bertz CT molecular complexity index is 553. The van der Waals surface area contributed by atoms with Crippen molar-refractivity contribution in [1.82, 2.24) is 5.32 Å². The lowest BCUT2D eigenvalue weighted by molar-refractivity contribution is -0.156. The van der Waals surface area contributed by atoms with Gasteiger partial charge in [0, 0.05) is 13.1 Å². The number of rotatable bonds is 10. The number of nitrogens with two attached hydrogens (primary N) is 2. The normalized spacial score (nSPS) is 11.1. The highest BCUT2D eigenvalue weighted by Gasteiger charge is 2.27. The Morgan fingerprint density at radius 3 is 2.28 bits per heavy atom. The third-order valence-electron chi connectivity index (χ3n) is 2.65. The molecule has 0 aliphatic carbocycles. The van der Waals surface area contributed by atoms with Gasteiger partial charge in [-0.2, -0.15) is 0 Å². The van der Waals surface area contributed by atoms with Gasteiger partial charge in [0.1, 0.15) is 19.3 Å². The molecule has 1 aromatic rings. The van der Waals surface area contributed by atoms with E-state index >= 15 is 0 Å². The highest BCUT2D eigenvalue weighted by Crippen LogP contribution is 2.08. The van der Waals surface area contributed by atoms with Gasteiger partial charge in [0.2, 0.25) is 0 Å². The summed E-state index contributed by atoms with van der Waals surface area (Å²) in [5, 5.41) is 2.17. The van der Waals surface area contributed by atoms with E-state index in [1.165, 1.54) is 0 Å². The third-order valence-corrected chi connectivity index (χ3v) is 2.65. The summed E-state index contributed by atoms with van der Waals surface area (Å²) in [6, 6.07) is 6.91. The number of amides is 1. The van der Waals surface area contributed by atoms with Gasteiger partial charge in [-0.15, -0.1) is 0 Å².